The summed E-state index contributed by atoms with van der Waals surface area (Å²) < 4.78 is 21.4. The van der Waals surface area contributed by atoms with E-state index in [0.29, 0.717) is 19.8 Å². The summed E-state index contributed by atoms with van der Waals surface area (Å²) in [6, 6.07) is 21.7. The number of hydrogen-bond donors (Lipinski definition) is 1. The van der Waals surface area contributed by atoms with Crippen LogP contribution in [-0.4, -0.2) is 49.4 Å². The summed E-state index contributed by atoms with van der Waals surface area (Å²) in [4.78, 5) is 34.8. The first-order chi connectivity index (χ1) is 26.9. The average molecular weight is 761 g/mol. The summed E-state index contributed by atoms with van der Waals surface area (Å²) in [6.45, 7) is 9.86. The van der Waals surface area contributed by atoms with Gasteiger partial charge in [-0.25, -0.2) is 9.97 Å². The molecule has 2 aromatic heterocycles. The zero-order chi connectivity index (χ0) is 39.9. The summed E-state index contributed by atoms with van der Waals surface area (Å²) in [5, 5.41) is 9.83. The number of nitrogens with zero attached hydrogens (tertiary/aromatic N) is 4. The molecule has 1 aliphatic rings. The van der Waals surface area contributed by atoms with E-state index in [2.05, 4.69) is 48.9 Å². The second kappa shape index (κ2) is 17.6. The number of phenolic OH excluding ortho intramolecular Hbond substituents is 1. The van der Waals surface area contributed by atoms with Gasteiger partial charge in [0.1, 0.15) is 29.8 Å². The standard InChI is InChI=1S/C46H56N4O6/c1-7-46(20-9-27-55-42(53)30-38(44-48-24-26-50(44)6)33-11-15-35(51)16-12-33)22-21-45(3,4)39-19-10-32(28-40(39)46)31-56-36-17-13-34(14-18-36)37(29-41(52)54-8-2)43-47-23-25-49(43)5/h10-19,23-26,28,37-38,51H,7-9,20-22,27,29-31H2,1-6H3/t37-,38-,46?/m0/s1. The summed E-state index contributed by atoms with van der Waals surface area (Å²) in [5.41, 5.74) is 5.75. The lowest BCUT2D eigenvalue weighted by atomic mass is 9.59. The largest absolute Gasteiger partial charge is 0.508 e. The van der Waals surface area contributed by atoms with Crippen molar-refractivity contribution < 1.29 is 28.9 Å². The monoisotopic (exact) mass is 760 g/mol. The van der Waals surface area contributed by atoms with Gasteiger partial charge in [0.05, 0.1) is 37.9 Å². The molecule has 0 bridgehead atoms. The Bertz CT molecular complexity index is 2080. The van der Waals surface area contributed by atoms with E-state index in [1.807, 2.05) is 78.9 Å². The van der Waals surface area contributed by atoms with Gasteiger partial charge in [-0.2, -0.15) is 0 Å². The molecule has 0 saturated heterocycles. The summed E-state index contributed by atoms with van der Waals surface area (Å²) in [7, 11) is 3.85. The zero-order valence-electron chi connectivity index (χ0n) is 33.7. The Balaban J connectivity index is 1.11. The van der Waals surface area contributed by atoms with Gasteiger partial charge in [0.25, 0.3) is 0 Å². The lowest BCUT2D eigenvalue weighted by molar-refractivity contribution is -0.144. The normalized spacial score (nSPS) is 17.1. The van der Waals surface area contributed by atoms with Crippen LogP contribution in [0.2, 0.25) is 0 Å². The smallest absolute Gasteiger partial charge is 0.306 e. The number of hydrogen-bond acceptors (Lipinski definition) is 8. The fourth-order valence-electron chi connectivity index (χ4n) is 8.36. The topological polar surface area (TPSA) is 118 Å². The third-order valence-electron chi connectivity index (χ3n) is 11.7. The minimum Gasteiger partial charge on any atom is -0.508 e. The molecule has 0 aliphatic heterocycles. The van der Waals surface area contributed by atoms with Crippen molar-refractivity contribution in [2.75, 3.05) is 13.2 Å². The van der Waals surface area contributed by atoms with Gasteiger partial charge in [0, 0.05) is 38.9 Å². The summed E-state index contributed by atoms with van der Waals surface area (Å²) in [5.74, 6) is 1.48. The van der Waals surface area contributed by atoms with Gasteiger partial charge in [-0.05, 0) is 102 Å². The van der Waals surface area contributed by atoms with E-state index in [0.717, 1.165) is 66.2 Å². The number of esters is 2. The molecule has 5 aromatic rings. The minimum absolute atomic E-state index is 0.0324. The van der Waals surface area contributed by atoms with Gasteiger partial charge in [0.15, 0.2) is 0 Å². The number of aromatic hydroxyl groups is 1. The third-order valence-corrected chi connectivity index (χ3v) is 11.7. The number of aryl methyl sites for hydroxylation is 2. The first-order valence-electron chi connectivity index (χ1n) is 19.8. The van der Waals surface area contributed by atoms with Crippen LogP contribution in [0.3, 0.4) is 0 Å². The van der Waals surface area contributed by atoms with Crippen molar-refractivity contribution in [3.05, 3.63) is 131 Å². The molecule has 10 nitrogen and oxygen atoms in total. The van der Waals surface area contributed by atoms with Gasteiger partial charge in [0.2, 0.25) is 0 Å². The van der Waals surface area contributed by atoms with E-state index >= 15 is 0 Å². The molecule has 10 heteroatoms. The van der Waals surface area contributed by atoms with E-state index in [4.69, 9.17) is 14.2 Å². The van der Waals surface area contributed by atoms with Gasteiger partial charge in [-0.3, -0.25) is 9.59 Å². The van der Waals surface area contributed by atoms with Gasteiger partial charge < -0.3 is 28.5 Å². The van der Waals surface area contributed by atoms with Crippen LogP contribution >= 0.6 is 0 Å². The van der Waals surface area contributed by atoms with Gasteiger partial charge in [-0.15, -0.1) is 0 Å². The number of imidazole rings is 2. The average Bonchev–Trinajstić information content (AvgIpc) is 3.82. The quantitative estimate of drug-likeness (QED) is 0.0739. The van der Waals surface area contributed by atoms with Crippen molar-refractivity contribution >= 4 is 11.9 Å². The molecular weight excluding hydrogens is 705 g/mol. The molecule has 1 unspecified atom stereocenters. The van der Waals surface area contributed by atoms with Crippen LogP contribution in [0.4, 0.5) is 0 Å². The third kappa shape index (κ3) is 9.18. The Hall–Kier alpha value is -5.38. The molecule has 3 aromatic carbocycles. The highest BCUT2D eigenvalue weighted by molar-refractivity contribution is 5.71. The lowest BCUT2D eigenvalue weighted by Gasteiger charge is -2.46. The van der Waals surface area contributed by atoms with E-state index in [-0.39, 0.29) is 53.2 Å². The molecule has 3 atom stereocenters. The maximum Gasteiger partial charge on any atom is 0.306 e. The number of ether oxygens (including phenoxy) is 3. The predicted molar refractivity (Wildman–Crippen MR) is 216 cm³/mol. The first kappa shape index (κ1) is 40.3. The lowest BCUT2D eigenvalue weighted by Crippen LogP contribution is -2.38. The summed E-state index contributed by atoms with van der Waals surface area (Å²) in [6.07, 6.45) is 12.4. The second-order valence-electron chi connectivity index (χ2n) is 15.8. The van der Waals surface area contributed by atoms with E-state index in [9.17, 15) is 14.7 Å². The van der Waals surface area contributed by atoms with Crippen molar-refractivity contribution in [2.24, 2.45) is 14.1 Å². The maximum atomic E-state index is 13.3. The number of aromatic nitrogens is 4. The Morgan fingerprint density at radius 2 is 1.38 bits per heavy atom. The number of rotatable bonds is 17. The number of carbonyl (C=O) groups excluding carboxylic acids is 2. The van der Waals surface area contributed by atoms with Crippen LogP contribution in [0.25, 0.3) is 0 Å². The SMILES string of the molecule is CCOC(=O)C[C@@H](c1ccc(OCc2ccc3c(c2)C(CC)(CCCOC(=O)C[C@@H](c2ccc(O)cc2)c2nccn2C)CCC3(C)C)cc1)c1nccn1C. The van der Waals surface area contributed by atoms with E-state index < -0.39 is 0 Å². The highest BCUT2D eigenvalue weighted by Gasteiger charge is 2.41. The van der Waals surface area contributed by atoms with Crippen LogP contribution < -0.4 is 4.74 Å². The molecule has 6 rings (SSSR count). The molecule has 0 fully saturated rings. The number of benzene rings is 3. The maximum absolute atomic E-state index is 13.3. The van der Waals surface area contributed by atoms with Crippen molar-refractivity contribution in [1.82, 2.24) is 19.1 Å². The Labute approximate surface area is 330 Å². The molecule has 296 valence electrons. The van der Waals surface area contributed by atoms with Crippen LogP contribution in [0.5, 0.6) is 11.5 Å². The van der Waals surface area contributed by atoms with Crippen molar-refractivity contribution in [2.45, 2.75) is 102 Å². The van der Waals surface area contributed by atoms with Crippen LogP contribution in [-0.2, 0) is 50.6 Å². The van der Waals surface area contributed by atoms with Crippen molar-refractivity contribution in [3.8, 4) is 11.5 Å². The molecule has 0 saturated carbocycles. The molecule has 56 heavy (non-hydrogen) atoms. The molecule has 0 spiro atoms. The molecule has 0 amide bonds. The number of carbonyl (C=O) groups is 2. The minimum atomic E-state index is -0.282. The highest BCUT2D eigenvalue weighted by atomic mass is 16.5. The van der Waals surface area contributed by atoms with E-state index in [1.54, 1.807) is 24.5 Å². The van der Waals surface area contributed by atoms with Crippen molar-refractivity contribution in [3.63, 3.8) is 0 Å². The predicted octanol–water partition coefficient (Wildman–Crippen LogP) is 8.79. The highest BCUT2D eigenvalue weighted by Crippen LogP contribution is 2.50. The Morgan fingerprint density at radius 1 is 0.786 bits per heavy atom. The Morgan fingerprint density at radius 3 is 1.93 bits per heavy atom. The molecule has 1 aliphatic carbocycles. The van der Waals surface area contributed by atoms with Crippen LogP contribution in [0.15, 0.2) is 91.5 Å². The zero-order valence-corrected chi connectivity index (χ0v) is 33.7. The van der Waals surface area contributed by atoms with Gasteiger partial charge in [-0.1, -0.05) is 63.2 Å². The Kier molecular flexibility index (Phi) is 12.7. The molecule has 0 radical (unpaired) electrons. The summed E-state index contributed by atoms with van der Waals surface area (Å²) >= 11 is 0. The number of phenols is 1. The van der Waals surface area contributed by atoms with Gasteiger partial charge >= 0.3 is 11.9 Å². The van der Waals surface area contributed by atoms with Crippen LogP contribution in [0.1, 0.15) is 124 Å². The molecule has 1 N–H and O–H groups in total. The molecule has 2 heterocycles. The molecular formula is C46H56N4O6. The fourth-order valence-corrected chi connectivity index (χ4v) is 8.36. The fraction of sp³-hybridized carbons (Fsp3) is 0.435. The second-order valence-corrected chi connectivity index (χ2v) is 15.8. The first-order valence-corrected chi connectivity index (χ1v) is 19.8. The van der Waals surface area contributed by atoms with Crippen molar-refractivity contribution in [1.29, 1.82) is 0 Å². The van der Waals surface area contributed by atoms with E-state index in [1.165, 1.54) is 11.1 Å². The van der Waals surface area contributed by atoms with Crippen LogP contribution in [0, 0.1) is 0 Å². The number of fused-ring (bicyclic) bond motifs is 1.